The summed E-state index contributed by atoms with van der Waals surface area (Å²) in [5, 5.41) is 15.6. The van der Waals surface area contributed by atoms with Gasteiger partial charge in [0.15, 0.2) is 0 Å². The number of hydrogen-bond acceptors (Lipinski definition) is 3. The van der Waals surface area contributed by atoms with Crippen molar-refractivity contribution in [1.29, 1.82) is 0 Å². The molecule has 0 aromatic carbocycles. The highest BCUT2D eigenvalue weighted by atomic mass is 16.4. The molecule has 0 radical (unpaired) electrons. The maximum atomic E-state index is 11.9. The summed E-state index contributed by atoms with van der Waals surface area (Å²) in [6.45, 7) is 6.68. The van der Waals surface area contributed by atoms with E-state index in [-0.39, 0.29) is 17.9 Å². The van der Waals surface area contributed by atoms with Crippen LogP contribution < -0.4 is 5.32 Å². The van der Waals surface area contributed by atoms with Gasteiger partial charge in [0.2, 0.25) is 0 Å². The average molecular weight is 295 g/mol. The lowest BCUT2D eigenvalue weighted by molar-refractivity contribution is -0.137. The molecule has 1 aromatic heterocycles. The predicted octanol–water partition coefficient (Wildman–Crippen LogP) is 2.40. The van der Waals surface area contributed by atoms with E-state index in [1.54, 1.807) is 17.1 Å². The first-order valence-electron chi connectivity index (χ1n) is 7.36. The number of hydrogen-bond donors (Lipinski definition) is 2. The molecule has 6 heteroatoms. The number of carboxylic acids is 1. The van der Waals surface area contributed by atoms with Crippen LogP contribution in [0.4, 0.5) is 0 Å². The molecule has 0 saturated heterocycles. The Morgan fingerprint density at radius 3 is 2.48 bits per heavy atom. The lowest BCUT2D eigenvalue weighted by Gasteiger charge is -2.18. The highest BCUT2D eigenvalue weighted by Gasteiger charge is 2.16. The van der Waals surface area contributed by atoms with E-state index in [9.17, 15) is 9.59 Å². The van der Waals surface area contributed by atoms with Crippen LogP contribution in [0.15, 0.2) is 12.4 Å². The number of aromatic nitrogens is 2. The Bertz CT molecular complexity index is 475. The van der Waals surface area contributed by atoms with E-state index in [1.165, 1.54) is 0 Å². The molecule has 0 aliphatic carbocycles. The van der Waals surface area contributed by atoms with E-state index >= 15 is 0 Å². The van der Waals surface area contributed by atoms with Crippen LogP contribution in [-0.4, -0.2) is 33.3 Å². The number of amides is 1. The van der Waals surface area contributed by atoms with E-state index in [0.29, 0.717) is 18.5 Å². The van der Waals surface area contributed by atoms with Crippen molar-refractivity contribution in [2.45, 2.75) is 58.4 Å². The molecule has 0 unspecified atom stereocenters. The molecule has 0 fully saturated rings. The molecular weight excluding hydrogens is 270 g/mol. The molecule has 0 atom stereocenters. The third kappa shape index (κ3) is 6.42. The Morgan fingerprint density at radius 1 is 1.24 bits per heavy atom. The fraction of sp³-hybridized carbons (Fsp3) is 0.667. The summed E-state index contributed by atoms with van der Waals surface area (Å²) < 4.78 is 1.77. The molecule has 21 heavy (non-hydrogen) atoms. The van der Waals surface area contributed by atoms with E-state index in [1.807, 2.05) is 20.8 Å². The number of carbonyl (C=O) groups excluding carboxylic acids is 1. The molecular formula is C15H25N3O3. The summed E-state index contributed by atoms with van der Waals surface area (Å²) in [5.74, 6) is -0.866. The van der Waals surface area contributed by atoms with Crippen LogP contribution in [0.1, 0.15) is 63.2 Å². The van der Waals surface area contributed by atoms with Gasteiger partial charge in [-0.1, -0.05) is 12.8 Å². The van der Waals surface area contributed by atoms with Crippen LogP contribution in [0.2, 0.25) is 0 Å². The lowest BCUT2D eigenvalue weighted by atomic mass is 10.1. The van der Waals surface area contributed by atoms with Gasteiger partial charge in [0.1, 0.15) is 0 Å². The van der Waals surface area contributed by atoms with Crippen LogP contribution in [0.25, 0.3) is 0 Å². The minimum Gasteiger partial charge on any atom is -0.481 e. The Hall–Kier alpha value is -1.85. The fourth-order valence-corrected chi connectivity index (χ4v) is 1.87. The highest BCUT2D eigenvalue weighted by Crippen LogP contribution is 2.13. The molecule has 0 aliphatic heterocycles. The molecule has 0 bridgehead atoms. The summed E-state index contributed by atoms with van der Waals surface area (Å²) in [6.07, 6.45) is 6.91. The molecule has 1 aromatic rings. The monoisotopic (exact) mass is 295 g/mol. The third-order valence-electron chi connectivity index (χ3n) is 3.14. The van der Waals surface area contributed by atoms with Crippen molar-refractivity contribution in [3.05, 3.63) is 18.0 Å². The first-order valence-corrected chi connectivity index (χ1v) is 7.36. The number of carbonyl (C=O) groups is 2. The zero-order valence-corrected chi connectivity index (χ0v) is 13.1. The van der Waals surface area contributed by atoms with Crippen LogP contribution in [0.3, 0.4) is 0 Å². The summed E-state index contributed by atoms with van der Waals surface area (Å²) in [7, 11) is 0. The molecule has 1 heterocycles. The molecule has 0 saturated carbocycles. The summed E-state index contributed by atoms with van der Waals surface area (Å²) in [6, 6.07) is 0. The van der Waals surface area contributed by atoms with Gasteiger partial charge in [-0.05, 0) is 33.6 Å². The largest absolute Gasteiger partial charge is 0.481 e. The number of nitrogens with zero attached hydrogens (tertiary/aromatic N) is 2. The van der Waals surface area contributed by atoms with Crippen molar-refractivity contribution in [3.63, 3.8) is 0 Å². The van der Waals surface area contributed by atoms with Gasteiger partial charge in [-0.2, -0.15) is 5.10 Å². The molecule has 0 spiro atoms. The lowest BCUT2D eigenvalue weighted by Crippen LogP contribution is -2.25. The van der Waals surface area contributed by atoms with Gasteiger partial charge < -0.3 is 10.4 Å². The van der Waals surface area contributed by atoms with E-state index in [2.05, 4.69) is 10.4 Å². The Balaban J connectivity index is 2.22. The second kappa shape index (κ2) is 7.81. The minimum atomic E-state index is -0.751. The van der Waals surface area contributed by atoms with Crippen molar-refractivity contribution in [1.82, 2.24) is 15.1 Å². The number of nitrogens with one attached hydrogen (secondary N) is 1. The topological polar surface area (TPSA) is 84.2 Å². The number of unbranched alkanes of at least 4 members (excludes halogenated alkanes) is 3. The average Bonchev–Trinajstić information content (AvgIpc) is 2.86. The van der Waals surface area contributed by atoms with Crippen LogP contribution >= 0.6 is 0 Å². The van der Waals surface area contributed by atoms with E-state index in [0.717, 1.165) is 19.3 Å². The molecule has 1 amide bonds. The van der Waals surface area contributed by atoms with Gasteiger partial charge in [-0.15, -0.1) is 0 Å². The van der Waals surface area contributed by atoms with Crippen LogP contribution in [0, 0.1) is 0 Å². The molecule has 1 rings (SSSR count). The minimum absolute atomic E-state index is 0.115. The Labute approximate surface area is 125 Å². The third-order valence-corrected chi connectivity index (χ3v) is 3.14. The summed E-state index contributed by atoms with van der Waals surface area (Å²) >= 11 is 0. The Kier molecular flexibility index (Phi) is 6.39. The van der Waals surface area contributed by atoms with Gasteiger partial charge >= 0.3 is 5.97 Å². The first-order chi connectivity index (χ1) is 9.80. The summed E-state index contributed by atoms with van der Waals surface area (Å²) in [4.78, 5) is 22.3. The first kappa shape index (κ1) is 17.2. The Morgan fingerprint density at radius 2 is 1.90 bits per heavy atom. The summed E-state index contributed by atoms with van der Waals surface area (Å²) in [5.41, 5.74) is 0.429. The SMILES string of the molecule is CC(C)(C)n1cc(C(=O)NCCCCCCC(=O)O)cn1. The predicted molar refractivity (Wildman–Crippen MR) is 80.3 cm³/mol. The quantitative estimate of drug-likeness (QED) is 0.721. The molecule has 118 valence electrons. The van der Waals surface area contributed by atoms with Crippen LogP contribution in [0.5, 0.6) is 0 Å². The van der Waals surface area contributed by atoms with Gasteiger partial charge in [-0.25, -0.2) is 0 Å². The van der Waals surface area contributed by atoms with Crippen LogP contribution in [-0.2, 0) is 10.3 Å². The zero-order valence-electron chi connectivity index (χ0n) is 13.1. The zero-order chi connectivity index (χ0) is 15.9. The van der Waals surface area contributed by atoms with E-state index < -0.39 is 5.97 Å². The molecule has 6 nitrogen and oxygen atoms in total. The van der Waals surface area contributed by atoms with Crippen molar-refractivity contribution in [3.8, 4) is 0 Å². The van der Waals surface area contributed by atoms with Crippen molar-refractivity contribution < 1.29 is 14.7 Å². The molecule has 2 N–H and O–H groups in total. The number of aliphatic carboxylic acids is 1. The van der Waals surface area contributed by atoms with Crippen molar-refractivity contribution in [2.24, 2.45) is 0 Å². The maximum absolute atomic E-state index is 11.9. The van der Waals surface area contributed by atoms with Gasteiger partial charge in [0, 0.05) is 19.2 Å². The van der Waals surface area contributed by atoms with Gasteiger partial charge in [0.25, 0.3) is 5.91 Å². The second-order valence-electron chi connectivity index (χ2n) is 6.16. The number of carboxylic acid groups (broad SMARTS) is 1. The molecule has 0 aliphatic rings. The standard InChI is InChI=1S/C15H25N3O3/c1-15(2,3)18-11-12(10-17-18)14(21)16-9-7-5-4-6-8-13(19)20/h10-11H,4-9H2,1-3H3,(H,16,21)(H,19,20). The van der Waals surface area contributed by atoms with Crippen molar-refractivity contribution >= 4 is 11.9 Å². The highest BCUT2D eigenvalue weighted by molar-refractivity contribution is 5.93. The fourth-order valence-electron chi connectivity index (χ4n) is 1.87. The smallest absolute Gasteiger partial charge is 0.303 e. The second-order valence-corrected chi connectivity index (χ2v) is 6.16. The van der Waals surface area contributed by atoms with Gasteiger partial charge in [0.05, 0.1) is 17.3 Å². The number of rotatable bonds is 8. The van der Waals surface area contributed by atoms with Gasteiger partial charge in [-0.3, -0.25) is 14.3 Å². The van der Waals surface area contributed by atoms with E-state index in [4.69, 9.17) is 5.11 Å². The maximum Gasteiger partial charge on any atom is 0.303 e. The van der Waals surface area contributed by atoms with Crippen molar-refractivity contribution in [2.75, 3.05) is 6.54 Å². The normalized spacial score (nSPS) is 11.4.